The number of sulfonamides is 1. The highest BCUT2D eigenvalue weighted by Crippen LogP contribution is 2.28. The van der Waals surface area contributed by atoms with Gasteiger partial charge in [0, 0.05) is 27.2 Å². The Hall–Kier alpha value is -1.22. The lowest BCUT2D eigenvalue weighted by Gasteiger charge is -2.37. The fourth-order valence-corrected chi connectivity index (χ4v) is 3.66. The van der Waals surface area contributed by atoms with Crippen molar-refractivity contribution in [3.05, 3.63) is 29.0 Å². The quantitative estimate of drug-likeness (QED) is 0.793. The Morgan fingerprint density at radius 2 is 2.09 bits per heavy atom. The van der Waals surface area contributed by atoms with Crippen molar-refractivity contribution in [1.29, 1.82) is 0 Å². The summed E-state index contributed by atoms with van der Waals surface area (Å²) in [6.07, 6.45) is -0.374. The van der Waals surface area contributed by atoms with E-state index in [1.807, 2.05) is 0 Å². The van der Waals surface area contributed by atoms with Gasteiger partial charge in [0.2, 0.25) is 15.9 Å². The average Bonchev–Trinajstić information content (AvgIpc) is 2.39. The van der Waals surface area contributed by atoms with Crippen molar-refractivity contribution in [3.8, 4) is 0 Å². The molecule has 0 aromatic heterocycles. The maximum absolute atomic E-state index is 13.8. The SMILES string of the molecule is CN(C)C(=O)COC1CN(S(=O)(=O)c2cccc(Cl)c2F)C1. The van der Waals surface area contributed by atoms with Crippen LogP contribution in [0.1, 0.15) is 0 Å². The van der Waals surface area contributed by atoms with E-state index in [-0.39, 0.29) is 36.7 Å². The third-order valence-corrected chi connectivity index (χ3v) is 5.43. The molecule has 1 saturated heterocycles. The Morgan fingerprint density at radius 3 is 2.68 bits per heavy atom. The van der Waals surface area contributed by atoms with Gasteiger partial charge in [-0.05, 0) is 12.1 Å². The van der Waals surface area contributed by atoms with Crippen molar-refractivity contribution in [1.82, 2.24) is 9.21 Å². The van der Waals surface area contributed by atoms with Crippen molar-refractivity contribution in [2.45, 2.75) is 11.0 Å². The molecule has 9 heteroatoms. The van der Waals surface area contributed by atoms with E-state index in [2.05, 4.69) is 0 Å². The minimum Gasteiger partial charge on any atom is -0.366 e. The fraction of sp³-hybridized carbons (Fsp3) is 0.462. The summed E-state index contributed by atoms with van der Waals surface area (Å²) in [4.78, 5) is 12.3. The summed E-state index contributed by atoms with van der Waals surface area (Å²) in [5, 5.41) is -0.244. The van der Waals surface area contributed by atoms with Gasteiger partial charge in [0.05, 0.1) is 11.1 Å². The van der Waals surface area contributed by atoms with Crippen LogP contribution < -0.4 is 0 Å². The smallest absolute Gasteiger partial charge is 0.248 e. The normalized spacial score (nSPS) is 16.4. The number of ether oxygens (including phenoxy) is 1. The predicted molar refractivity (Wildman–Crippen MR) is 78.6 cm³/mol. The summed E-state index contributed by atoms with van der Waals surface area (Å²) in [5.74, 6) is -1.17. The van der Waals surface area contributed by atoms with Crippen molar-refractivity contribution in [3.63, 3.8) is 0 Å². The second-order valence-electron chi connectivity index (χ2n) is 5.10. The maximum atomic E-state index is 13.8. The van der Waals surface area contributed by atoms with Gasteiger partial charge in [-0.3, -0.25) is 4.79 Å². The van der Waals surface area contributed by atoms with E-state index >= 15 is 0 Å². The molecule has 0 radical (unpaired) electrons. The van der Waals surface area contributed by atoms with E-state index in [9.17, 15) is 17.6 Å². The lowest BCUT2D eigenvalue weighted by Crippen LogP contribution is -2.55. The zero-order valence-corrected chi connectivity index (χ0v) is 13.7. The van der Waals surface area contributed by atoms with Gasteiger partial charge in [0.1, 0.15) is 11.5 Å². The average molecular weight is 351 g/mol. The first-order valence-electron chi connectivity index (χ1n) is 6.49. The van der Waals surface area contributed by atoms with Crippen LogP contribution in [0.4, 0.5) is 4.39 Å². The Morgan fingerprint density at radius 1 is 1.45 bits per heavy atom. The highest BCUT2D eigenvalue weighted by atomic mass is 35.5. The van der Waals surface area contributed by atoms with Gasteiger partial charge in [0.15, 0.2) is 5.82 Å². The molecule has 0 aliphatic carbocycles. The van der Waals surface area contributed by atoms with Crippen LogP contribution in [0.25, 0.3) is 0 Å². The standard InChI is InChI=1S/C13H16ClFN2O4S/c1-16(2)12(18)8-21-9-6-17(7-9)22(19,20)11-5-3-4-10(14)13(11)15/h3-5,9H,6-8H2,1-2H3. The molecule has 6 nitrogen and oxygen atoms in total. The molecular formula is C13H16ClFN2O4S. The van der Waals surface area contributed by atoms with Crippen LogP contribution in [0.3, 0.4) is 0 Å². The van der Waals surface area contributed by atoms with Gasteiger partial charge in [-0.15, -0.1) is 0 Å². The Balaban J connectivity index is 1.97. The molecule has 2 rings (SSSR count). The predicted octanol–water partition coefficient (Wildman–Crippen LogP) is 0.957. The second kappa shape index (κ2) is 6.49. The molecule has 0 N–H and O–H groups in total. The molecule has 1 aliphatic rings. The van der Waals surface area contributed by atoms with Crippen LogP contribution in [0.2, 0.25) is 5.02 Å². The van der Waals surface area contributed by atoms with E-state index in [0.717, 1.165) is 4.31 Å². The molecule has 0 unspecified atom stereocenters. The summed E-state index contributed by atoms with van der Waals surface area (Å²) in [7, 11) is -0.740. The minimum atomic E-state index is -3.94. The third-order valence-electron chi connectivity index (χ3n) is 3.29. The fourth-order valence-electron chi connectivity index (χ4n) is 1.84. The van der Waals surface area contributed by atoms with Gasteiger partial charge >= 0.3 is 0 Å². The molecule has 1 aromatic rings. The van der Waals surface area contributed by atoms with Crippen molar-refractivity contribution >= 4 is 27.5 Å². The number of halogens is 2. The van der Waals surface area contributed by atoms with E-state index in [4.69, 9.17) is 16.3 Å². The van der Waals surface area contributed by atoms with E-state index in [0.29, 0.717) is 0 Å². The molecule has 0 bridgehead atoms. The van der Waals surface area contributed by atoms with Crippen molar-refractivity contribution in [2.75, 3.05) is 33.8 Å². The molecule has 0 atom stereocenters. The Labute approximate surface area is 133 Å². The van der Waals surface area contributed by atoms with Gasteiger partial charge in [-0.25, -0.2) is 12.8 Å². The monoisotopic (exact) mass is 350 g/mol. The topological polar surface area (TPSA) is 66.9 Å². The number of rotatable bonds is 5. The molecule has 0 saturated carbocycles. The van der Waals surface area contributed by atoms with Crippen LogP contribution in [-0.4, -0.2) is 63.4 Å². The van der Waals surface area contributed by atoms with Crippen molar-refractivity contribution in [2.24, 2.45) is 0 Å². The van der Waals surface area contributed by atoms with Gasteiger partial charge in [0.25, 0.3) is 0 Å². The molecule has 1 aliphatic heterocycles. The molecule has 1 heterocycles. The molecule has 0 spiro atoms. The largest absolute Gasteiger partial charge is 0.366 e. The highest BCUT2D eigenvalue weighted by Gasteiger charge is 2.39. The van der Waals surface area contributed by atoms with Crippen LogP contribution in [-0.2, 0) is 19.6 Å². The maximum Gasteiger partial charge on any atom is 0.248 e. The summed E-state index contributed by atoms with van der Waals surface area (Å²) in [6, 6.07) is 3.83. The van der Waals surface area contributed by atoms with E-state index in [1.165, 1.54) is 23.1 Å². The number of carbonyl (C=O) groups excluding carboxylic acids is 1. The van der Waals surface area contributed by atoms with Crippen molar-refractivity contribution < 1.29 is 22.3 Å². The number of hydrogen-bond donors (Lipinski definition) is 0. The number of amides is 1. The van der Waals surface area contributed by atoms with Crippen LogP contribution >= 0.6 is 11.6 Å². The minimum absolute atomic E-state index is 0.0784. The second-order valence-corrected chi connectivity index (χ2v) is 7.41. The number of carbonyl (C=O) groups is 1. The van der Waals surface area contributed by atoms with E-state index in [1.54, 1.807) is 14.1 Å². The summed E-state index contributed by atoms with van der Waals surface area (Å²) < 4.78 is 44.8. The number of likely N-dealkylation sites (N-methyl/N-ethyl adjacent to an activating group) is 1. The van der Waals surface area contributed by atoms with E-state index < -0.39 is 20.7 Å². The van der Waals surface area contributed by atoms with Crippen LogP contribution in [0, 0.1) is 5.82 Å². The summed E-state index contributed by atoms with van der Waals surface area (Å²) in [5.41, 5.74) is 0. The zero-order valence-electron chi connectivity index (χ0n) is 12.1. The first-order chi connectivity index (χ1) is 10.2. The molecule has 1 amide bonds. The molecule has 22 heavy (non-hydrogen) atoms. The van der Waals surface area contributed by atoms with Gasteiger partial charge < -0.3 is 9.64 Å². The van der Waals surface area contributed by atoms with Gasteiger partial charge in [-0.2, -0.15) is 4.31 Å². The highest BCUT2D eigenvalue weighted by molar-refractivity contribution is 7.89. The third kappa shape index (κ3) is 3.40. The summed E-state index contributed by atoms with van der Waals surface area (Å²) in [6.45, 7) is 0.0427. The number of nitrogens with zero attached hydrogens (tertiary/aromatic N) is 2. The lowest BCUT2D eigenvalue weighted by molar-refractivity contribution is -0.138. The first kappa shape index (κ1) is 17.1. The lowest BCUT2D eigenvalue weighted by atomic mass is 10.2. The first-order valence-corrected chi connectivity index (χ1v) is 8.31. The molecule has 1 fully saturated rings. The Bertz CT molecular complexity index is 675. The van der Waals surface area contributed by atoms with Crippen LogP contribution in [0.15, 0.2) is 23.1 Å². The molecular weight excluding hydrogens is 335 g/mol. The van der Waals surface area contributed by atoms with Crippen LogP contribution in [0.5, 0.6) is 0 Å². The number of hydrogen-bond acceptors (Lipinski definition) is 4. The number of benzene rings is 1. The Kier molecular flexibility index (Phi) is 5.06. The summed E-state index contributed by atoms with van der Waals surface area (Å²) >= 11 is 5.60. The molecule has 1 aromatic carbocycles. The zero-order chi connectivity index (χ0) is 16.5. The molecule has 122 valence electrons. The van der Waals surface area contributed by atoms with Gasteiger partial charge in [-0.1, -0.05) is 17.7 Å².